The largest absolute Gasteiger partial charge is 0.371 e. The Labute approximate surface area is 108 Å². The average Bonchev–Trinajstić information content (AvgIpc) is 2.34. The number of rotatable bonds is 13. The molecule has 104 valence electrons. The average molecular weight is 244 g/mol. The molecule has 0 aliphatic heterocycles. The molecule has 0 radical (unpaired) electrons. The third kappa shape index (κ3) is 12.2. The van der Waals surface area contributed by atoms with Crippen LogP contribution in [0.4, 0.5) is 0 Å². The molecule has 1 atom stereocenters. The van der Waals surface area contributed by atoms with Crippen molar-refractivity contribution in [3.05, 3.63) is 0 Å². The molecule has 0 bridgehead atoms. The number of aliphatic hydroxyl groups is 1. The van der Waals surface area contributed by atoms with Gasteiger partial charge in [0, 0.05) is 0 Å². The molecule has 0 aliphatic rings. The fraction of sp³-hybridized carbons (Fsp3) is 1.00. The second-order valence-corrected chi connectivity index (χ2v) is 4.97. The molecule has 1 N–H and O–H groups in total. The first-order valence-electron chi connectivity index (χ1n) is 7.57. The van der Waals surface area contributed by atoms with Crippen LogP contribution in [0.1, 0.15) is 84.5 Å². The number of ether oxygens (including phenoxy) is 1. The van der Waals surface area contributed by atoms with E-state index in [1.54, 1.807) is 0 Å². The maximum absolute atomic E-state index is 8.86. The summed E-state index contributed by atoms with van der Waals surface area (Å²) in [5.74, 6) is 0. The minimum Gasteiger partial charge on any atom is -0.371 e. The first-order valence-corrected chi connectivity index (χ1v) is 7.57. The predicted molar refractivity (Wildman–Crippen MR) is 74.1 cm³/mol. The van der Waals surface area contributed by atoms with Gasteiger partial charge < -0.3 is 9.84 Å². The second kappa shape index (κ2) is 14.0. The summed E-state index contributed by atoms with van der Waals surface area (Å²) in [6.45, 7) is 4.36. The van der Waals surface area contributed by atoms with Gasteiger partial charge in [0.05, 0.1) is 6.10 Å². The molecular weight excluding hydrogens is 212 g/mol. The van der Waals surface area contributed by atoms with Crippen molar-refractivity contribution in [3.63, 3.8) is 0 Å². The molecule has 0 aliphatic carbocycles. The van der Waals surface area contributed by atoms with Gasteiger partial charge in [-0.15, -0.1) is 0 Å². The van der Waals surface area contributed by atoms with Crippen LogP contribution in [0.3, 0.4) is 0 Å². The molecule has 0 rings (SSSR count). The molecular formula is C15H32O2. The zero-order chi connectivity index (χ0) is 12.8. The zero-order valence-electron chi connectivity index (χ0n) is 11.9. The topological polar surface area (TPSA) is 29.5 Å². The molecule has 0 saturated heterocycles. The molecule has 17 heavy (non-hydrogen) atoms. The van der Waals surface area contributed by atoms with Gasteiger partial charge in [-0.2, -0.15) is 0 Å². The van der Waals surface area contributed by atoms with Crippen LogP contribution >= 0.6 is 0 Å². The lowest BCUT2D eigenvalue weighted by Crippen LogP contribution is -2.13. The van der Waals surface area contributed by atoms with Crippen LogP contribution in [0.2, 0.25) is 0 Å². The van der Waals surface area contributed by atoms with Gasteiger partial charge in [0.2, 0.25) is 0 Å². The Morgan fingerprint density at radius 2 is 1.24 bits per heavy atom. The summed E-state index contributed by atoms with van der Waals surface area (Å²) < 4.78 is 5.38. The summed E-state index contributed by atoms with van der Waals surface area (Å²) in [4.78, 5) is 0. The van der Waals surface area contributed by atoms with Crippen LogP contribution in [0.25, 0.3) is 0 Å². The highest BCUT2D eigenvalue weighted by Crippen LogP contribution is 2.15. The van der Waals surface area contributed by atoms with Crippen molar-refractivity contribution < 1.29 is 9.84 Å². The molecule has 0 aromatic heterocycles. The Bertz CT molecular complexity index is 137. The molecule has 0 aromatic rings. The third-order valence-corrected chi connectivity index (χ3v) is 3.32. The molecule has 1 unspecified atom stereocenters. The Morgan fingerprint density at radius 3 is 1.71 bits per heavy atom. The molecule has 0 fully saturated rings. The van der Waals surface area contributed by atoms with E-state index in [4.69, 9.17) is 9.84 Å². The minimum atomic E-state index is -0.118. The SMILES string of the molecule is CCCCCCCC(CCCCCC)OCO. The minimum absolute atomic E-state index is 0.118. The normalized spacial score (nSPS) is 12.9. The Balaban J connectivity index is 3.45. The molecule has 0 aromatic carbocycles. The van der Waals surface area contributed by atoms with Crippen molar-refractivity contribution >= 4 is 0 Å². The quantitative estimate of drug-likeness (QED) is 0.377. The first-order chi connectivity index (χ1) is 8.35. The lowest BCUT2D eigenvalue weighted by atomic mass is 10.0. The molecule has 0 saturated carbocycles. The van der Waals surface area contributed by atoms with Gasteiger partial charge >= 0.3 is 0 Å². The molecule has 2 nitrogen and oxygen atoms in total. The fourth-order valence-electron chi connectivity index (χ4n) is 2.19. The van der Waals surface area contributed by atoms with E-state index in [1.807, 2.05) is 0 Å². The highest BCUT2D eigenvalue weighted by Gasteiger charge is 2.07. The second-order valence-electron chi connectivity index (χ2n) is 4.97. The van der Waals surface area contributed by atoms with Crippen molar-refractivity contribution in [2.45, 2.75) is 90.6 Å². The van der Waals surface area contributed by atoms with Gasteiger partial charge in [0.1, 0.15) is 6.79 Å². The van der Waals surface area contributed by atoms with E-state index in [2.05, 4.69) is 13.8 Å². The van der Waals surface area contributed by atoms with Crippen molar-refractivity contribution in [1.82, 2.24) is 0 Å². The van der Waals surface area contributed by atoms with Crippen molar-refractivity contribution in [2.75, 3.05) is 6.79 Å². The number of aliphatic hydroxyl groups excluding tert-OH is 1. The van der Waals surface area contributed by atoms with Gasteiger partial charge in [-0.05, 0) is 12.8 Å². The monoisotopic (exact) mass is 244 g/mol. The van der Waals surface area contributed by atoms with Crippen molar-refractivity contribution in [2.24, 2.45) is 0 Å². The number of hydrogen-bond acceptors (Lipinski definition) is 2. The highest BCUT2D eigenvalue weighted by atomic mass is 16.6. The molecule has 0 spiro atoms. The van der Waals surface area contributed by atoms with E-state index in [0.29, 0.717) is 6.10 Å². The smallest absolute Gasteiger partial charge is 0.143 e. The van der Waals surface area contributed by atoms with Gasteiger partial charge in [0.25, 0.3) is 0 Å². The van der Waals surface area contributed by atoms with E-state index in [-0.39, 0.29) is 6.79 Å². The van der Waals surface area contributed by atoms with E-state index < -0.39 is 0 Å². The van der Waals surface area contributed by atoms with Gasteiger partial charge in [0.15, 0.2) is 0 Å². The van der Waals surface area contributed by atoms with E-state index in [9.17, 15) is 0 Å². The summed E-state index contributed by atoms with van der Waals surface area (Å²) in [6.07, 6.45) is 14.2. The summed E-state index contributed by atoms with van der Waals surface area (Å²) in [7, 11) is 0. The molecule has 2 heteroatoms. The lowest BCUT2D eigenvalue weighted by Gasteiger charge is -2.16. The Kier molecular flexibility index (Phi) is 13.9. The van der Waals surface area contributed by atoms with E-state index in [0.717, 1.165) is 12.8 Å². The fourth-order valence-corrected chi connectivity index (χ4v) is 2.19. The molecule has 0 amide bonds. The summed E-state index contributed by atoms with van der Waals surface area (Å²) >= 11 is 0. The Hall–Kier alpha value is -0.0800. The summed E-state index contributed by atoms with van der Waals surface area (Å²) in [5.41, 5.74) is 0. The first kappa shape index (κ1) is 16.9. The van der Waals surface area contributed by atoms with Crippen LogP contribution in [0.5, 0.6) is 0 Å². The maximum atomic E-state index is 8.86. The van der Waals surface area contributed by atoms with Gasteiger partial charge in [-0.3, -0.25) is 0 Å². The van der Waals surface area contributed by atoms with E-state index in [1.165, 1.54) is 57.8 Å². The highest BCUT2D eigenvalue weighted by molar-refractivity contribution is 4.59. The van der Waals surface area contributed by atoms with Crippen LogP contribution in [0.15, 0.2) is 0 Å². The standard InChI is InChI=1S/C15H32O2/c1-3-5-7-9-11-13-15(17-14-16)12-10-8-6-4-2/h15-16H,3-14H2,1-2H3. The third-order valence-electron chi connectivity index (χ3n) is 3.32. The van der Waals surface area contributed by atoms with Crippen LogP contribution in [0, 0.1) is 0 Å². The van der Waals surface area contributed by atoms with Crippen LogP contribution < -0.4 is 0 Å². The van der Waals surface area contributed by atoms with Crippen LogP contribution in [-0.2, 0) is 4.74 Å². The lowest BCUT2D eigenvalue weighted by molar-refractivity contribution is -0.0572. The number of unbranched alkanes of at least 4 members (excludes halogenated alkanes) is 7. The summed E-state index contributed by atoms with van der Waals surface area (Å²) in [5, 5.41) is 8.86. The zero-order valence-corrected chi connectivity index (χ0v) is 11.9. The van der Waals surface area contributed by atoms with Crippen molar-refractivity contribution in [3.8, 4) is 0 Å². The van der Waals surface area contributed by atoms with Gasteiger partial charge in [-0.1, -0.05) is 71.6 Å². The van der Waals surface area contributed by atoms with Crippen molar-refractivity contribution in [1.29, 1.82) is 0 Å². The predicted octanol–water partition coefficient (Wildman–Crippen LogP) is 4.65. The van der Waals surface area contributed by atoms with E-state index >= 15 is 0 Å². The number of hydrogen-bond donors (Lipinski definition) is 1. The molecule has 0 heterocycles. The van der Waals surface area contributed by atoms with Crippen LogP contribution in [-0.4, -0.2) is 18.0 Å². The van der Waals surface area contributed by atoms with Gasteiger partial charge in [-0.25, -0.2) is 0 Å². The Morgan fingerprint density at radius 1 is 0.765 bits per heavy atom. The maximum Gasteiger partial charge on any atom is 0.143 e. The summed E-state index contributed by atoms with van der Waals surface area (Å²) in [6, 6.07) is 0.